The molecule has 24 heavy (non-hydrogen) atoms. The SMILES string of the molecule is CC(C)CCNC(=O)N1CCN(CCCc2ccccc2F)CC1. The lowest BCUT2D eigenvalue weighted by Crippen LogP contribution is -2.52. The minimum atomic E-state index is -0.111. The van der Waals surface area contributed by atoms with Gasteiger partial charge in [0.1, 0.15) is 5.82 Å². The first kappa shape index (κ1) is 18.7. The predicted molar refractivity (Wildman–Crippen MR) is 95.6 cm³/mol. The molecule has 0 unspecified atom stereocenters. The molecule has 2 rings (SSSR count). The normalized spacial score (nSPS) is 15.8. The predicted octanol–water partition coefficient (Wildman–Crippen LogP) is 3.13. The Bertz CT molecular complexity index is 513. The van der Waals surface area contributed by atoms with Crippen LogP contribution in [0.1, 0.15) is 32.3 Å². The van der Waals surface area contributed by atoms with Gasteiger partial charge in [-0.1, -0.05) is 32.0 Å². The summed E-state index contributed by atoms with van der Waals surface area (Å²) in [5, 5.41) is 3.00. The summed E-state index contributed by atoms with van der Waals surface area (Å²) in [5.74, 6) is 0.497. The van der Waals surface area contributed by atoms with E-state index in [4.69, 9.17) is 0 Å². The van der Waals surface area contributed by atoms with Crippen molar-refractivity contribution < 1.29 is 9.18 Å². The van der Waals surface area contributed by atoms with Gasteiger partial charge in [-0.15, -0.1) is 0 Å². The quantitative estimate of drug-likeness (QED) is 0.831. The van der Waals surface area contributed by atoms with Gasteiger partial charge in [0.25, 0.3) is 0 Å². The van der Waals surface area contributed by atoms with Gasteiger partial charge in [-0.2, -0.15) is 0 Å². The van der Waals surface area contributed by atoms with Gasteiger partial charge in [0.15, 0.2) is 0 Å². The molecule has 1 aliphatic rings. The van der Waals surface area contributed by atoms with E-state index in [0.29, 0.717) is 5.92 Å². The van der Waals surface area contributed by atoms with Crippen molar-refractivity contribution in [2.24, 2.45) is 5.92 Å². The number of benzene rings is 1. The van der Waals surface area contributed by atoms with E-state index < -0.39 is 0 Å². The van der Waals surface area contributed by atoms with Gasteiger partial charge in [-0.3, -0.25) is 4.90 Å². The van der Waals surface area contributed by atoms with E-state index in [1.165, 1.54) is 6.07 Å². The van der Waals surface area contributed by atoms with Crippen molar-refractivity contribution in [2.45, 2.75) is 33.1 Å². The Kier molecular flexibility index (Phi) is 7.50. The van der Waals surface area contributed by atoms with E-state index in [0.717, 1.165) is 64.1 Å². The first-order chi connectivity index (χ1) is 11.6. The highest BCUT2D eigenvalue weighted by Crippen LogP contribution is 2.10. The third kappa shape index (κ3) is 6.11. The first-order valence-electron chi connectivity index (χ1n) is 9.05. The number of rotatable bonds is 7. The minimum Gasteiger partial charge on any atom is -0.338 e. The lowest BCUT2D eigenvalue weighted by Gasteiger charge is -2.34. The molecule has 0 aliphatic carbocycles. The molecule has 0 spiro atoms. The van der Waals surface area contributed by atoms with Gasteiger partial charge in [-0.25, -0.2) is 9.18 Å². The van der Waals surface area contributed by atoms with E-state index in [2.05, 4.69) is 24.1 Å². The number of halogens is 1. The maximum Gasteiger partial charge on any atom is 0.317 e. The third-order valence-electron chi connectivity index (χ3n) is 4.54. The molecule has 0 aromatic heterocycles. The standard InChI is InChI=1S/C19H30FN3O/c1-16(2)9-10-21-19(24)23-14-12-22(13-15-23)11-5-7-17-6-3-4-8-18(17)20/h3-4,6,8,16H,5,7,9-15H2,1-2H3,(H,21,24). The summed E-state index contributed by atoms with van der Waals surface area (Å²) in [4.78, 5) is 16.3. The maximum atomic E-state index is 13.6. The van der Waals surface area contributed by atoms with Crippen molar-refractivity contribution in [1.82, 2.24) is 15.1 Å². The number of amides is 2. The van der Waals surface area contributed by atoms with Crippen LogP contribution in [0.2, 0.25) is 0 Å². The fourth-order valence-electron chi connectivity index (χ4n) is 2.95. The number of carbonyl (C=O) groups is 1. The molecule has 1 aromatic rings. The number of nitrogens with zero attached hydrogens (tertiary/aromatic N) is 2. The van der Waals surface area contributed by atoms with Crippen LogP contribution in [0.4, 0.5) is 9.18 Å². The topological polar surface area (TPSA) is 35.6 Å². The van der Waals surface area contributed by atoms with Crippen LogP contribution >= 0.6 is 0 Å². The fourth-order valence-corrected chi connectivity index (χ4v) is 2.95. The smallest absolute Gasteiger partial charge is 0.317 e. The van der Waals surface area contributed by atoms with Gasteiger partial charge >= 0.3 is 6.03 Å². The van der Waals surface area contributed by atoms with Crippen molar-refractivity contribution in [3.8, 4) is 0 Å². The summed E-state index contributed by atoms with van der Waals surface area (Å²) in [6.45, 7) is 9.36. The molecule has 0 atom stereocenters. The highest BCUT2D eigenvalue weighted by atomic mass is 19.1. The van der Waals surface area contributed by atoms with Gasteiger partial charge in [0.05, 0.1) is 0 Å². The molecule has 4 nitrogen and oxygen atoms in total. The van der Waals surface area contributed by atoms with Crippen LogP contribution in [0.25, 0.3) is 0 Å². The zero-order valence-corrected chi connectivity index (χ0v) is 14.9. The molecule has 2 amide bonds. The largest absolute Gasteiger partial charge is 0.338 e. The number of hydrogen-bond donors (Lipinski definition) is 1. The minimum absolute atomic E-state index is 0.0571. The Morgan fingerprint density at radius 3 is 2.58 bits per heavy atom. The van der Waals surface area contributed by atoms with Crippen molar-refractivity contribution in [2.75, 3.05) is 39.3 Å². The van der Waals surface area contributed by atoms with Gasteiger partial charge in [0, 0.05) is 32.7 Å². The maximum absolute atomic E-state index is 13.6. The van der Waals surface area contributed by atoms with Crippen LogP contribution in [0.15, 0.2) is 24.3 Å². The zero-order chi connectivity index (χ0) is 17.4. The van der Waals surface area contributed by atoms with E-state index in [1.54, 1.807) is 6.07 Å². The van der Waals surface area contributed by atoms with Crippen LogP contribution in [0.3, 0.4) is 0 Å². The molecule has 0 saturated carbocycles. The second kappa shape index (κ2) is 9.62. The highest BCUT2D eigenvalue weighted by molar-refractivity contribution is 5.74. The van der Waals surface area contributed by atoms with Crippen LogP contribution < -0.4 is 5.32 Å². The second-order valence-corrected chi connectivity index (χ2v) is 6.94. The number of urea groups is 1. The Morgan fingerprint density at radius 1 is 1.21 bits per heavy atom. The number of nitrogens with one attached hydrogen (secondary N) is 1. The first-order valence-corrected chi connectivity index (χ1v) is 9.05. The monoisotopic (exact) mass is 335 g/mol. The summed E-state index contributed by atoms with van der Waals surface area (Å²) >= 11 is 0. The molecular weight excluding hydrogens is 305 g/mol. The molecule has 1 heterocycles. The van der Waals surface area contributed by atoms with Crippen molar-refractivity contribution in [3.05, 3.63) is 35.6 Å². The van der Waals surface area contributed by atoms with E-state index in [-0.39, 0.29) is 11.8 Å². The molecule has 0 bridgehead atoms. The number of aryl methyl sites for hydroxylation is 1. The lowest BCUT2D eigenvalue weighted by molar-refractivity contribution is 0.138. The lowest BCUT2D eigenvalue weighted by atomic mass is 10.1. The molecule has 1 N–H and O–H groups in total. The van der Waals surface area contributed by atoms with Crippen LogP contribution in [-0.2, 0) is 6.42 Å². The Balaban J connectivity index is 1.62. The number of hydrogen-bond acceptors (Lipinski definition) is 2. The van der Waals surface area contributed by atoms with Crippen molar-refractivity contribution in [3.63, 3.8) is 0 Å². The fraction of sp³-hybridized carbons (Fsp3) is 0.632. The second-order valence-electron chi connectivity index (χ2n) is 6.94. The Morgan fingerprint density at radius 2 is 1.92 bits per heavy atom. The molecule has 1 fully saturated rings. The molecule has 134 valence electrons. The van der Waals surface area contributed by atoms with E-state index in [9.17, 15) is 9.18 Å². The molecule has 5 heteroatoms. The number of piperazine rings is 1. The van der Waals surface area contributed by atoms with Crippen LogP contribution in [0.5, 0.6) is 0 Å². The number of carbonyl (C=O) groups excluding carboxylic acids is 1. The van der Waals surface area contributed by atoms with E-state index >= 15 is 0 Å². The summed E-state index contributed by atoms with van der Waals surface area (Å²) in [6.07, 6.45) is 2.73. The average molecular weight is 335 g/mol. The third-order valence-corrected chi connectivity index (χ3v) is 4.54. The molecule has 1 aliphatic heterocycles. The molecule has 0 radical (unpaired) electrons. The van der Waals surface area contributed by atoms with Gasteiger partial charge in [0.2, 0.25) is 0 Å². The van der Waals surface area contributed by atoms with Crippen LogP contribution in [0, 0.1) is 11.7 Å². The van der Waals surface area contributed by atoms with E-state index in [1.807, 2.05) is 17.0 Å². The average Bonchev–Trinajstić information content (AvgIpc) is 2.57. The molecule has 1 aromatic carbocycles. The highest BCUT2D eigenvalue weighted by Gasteiger charge is 2.20. The Hall–Kier alpha value is -1.62. The summed E-state index contributed by atoms with van der Waals surface area (Å²) in [6, 6.07) is 7.04. The van der Waals surface area contributed by atoms with Crippen molar-refractivity contribution >= 4 is 6.03 Å². The van der Waals surface area contributed by atoms with Gasteiger partial charge < -0.3 is 10.2 Å². The molecule has 1 saturated heterocycles. The summed E-state index contributed by atoms with van der Waals surface area (Å²) in [7, 11) is 0. The summed E-state index contributed by atoms with van der Waals surface area (Å²) < 4.78 is 13.6. The van der Waals surface area contributed by atoms with Gasteiger partial charge in [-0.05, 0) is 43.4 Å². The Labute approximate surface area is 145 Å². The zero-order valence-electron chi connectivity index (χ0n) is 14.9. The van der Waals surface area contributed by atoms with Crippen molar-refractivity contribution in [1.29, 1.82) is 0 Å². The van der Waals surface area contributed by atoms with Crippen LogP contribution in [-0.4, -0.2) is 55.1 Å². The summed E-state index contributed by atoms with van der Waals surface area (Å²) in [5.41, 5.74) is 0.792. The molecular formula is C19H30FN3O.